The van der Waals surface area contributed by atoms with Crippen molar-refractivity contribution in [2.75, 3.05) is 0 Å². The molecule has 1 aromatic carbocycles. The smallest absolute Gasteiger partial charge is 0.307 e. The molecule has 0 saturated heterocycles. The summed E-state index contributed by atoms with van der Waals surface area (Å²) in [5.41, 5.74) is -0.115. The molecule has 1 unspecified atom stereocenters. The lowest BCUT2D eigenvalue weighted by Crippen LogP contribution is -2.36. The fourth-order valence-corrected chi connectivity index (χ4v) is 2.30. The van der Waals surface area contributed by atoms with Crippen LogP contribution in [0, 0.1) is 0 Å². The Labute approximate surface area is 104 Å². The Hall–Kier alpha value is -1.49. The Morgan fingerprint density at radius 3 is 2.76 bits per heavy atom. The normalized spacial score (nSPS) is 12.8. The molecule has 1 atom stereocenters. The van der Waals surface area contributed by atoms with Gasteiger partial charge >= 0.3 is 5.69 Å². The van der Waals surface area contributed by atoms with Gasteiger partial charge in [-0.2, -0.15) is 12.6 Å². The molecule has 0 amide bonds. The number of hydrogen-bond donors (Lipinski definition) is 2. The highest BCUT2D eigenvalue weighted by molar-refractivity contribution is 7.80. The van der Waals surface area contributed by atoms with Crippen LogP contribution in [0.1, 0.15) is 25.1 Å². The van der Waals surface area contributed by atoms with Gasteiger partial charge < -0.3 is 4.98 Å². The Bertz CT molecular complexity index is 645. The van der Waals surface area contributed by atoms with Crippen molar-refractivity contribution in [2.45, 2.75) is 25.1 Å². The zero-order valence-electron chi connectivity index (χ0n) is 9.51. The maximum atomic E-state index is 12.2. The molecule has 1 N–H and O–H groups in total. The molecule has 0 spiro atoms. The van der Waals surface area contributed by atoms with Crippen LogP contribution in [0.5, 0.6) is 0 Å². The van der Waals surface area contributed by atoms with Crippen LogP contribution in [0.3, 0.4) is 0 Å². The summed E-state index contributed by atoms with van der Waals surface area (Å²) < 4.78 is 1.18. The minimum absolute atomic E-state index is 0.280. The molecule has 1 aromatic heterocycles. The lowest BCUT2D eigenvalue weighted by atomic mass is 10.2. The largest absolute Gasteiger partial charge is 0.329 e. The lowest BCUT2D eigenvalue weighted by Gasteiger charge is -2.12. The summed E-state index contributed by atoms with van der Waals surface area (Å²) in [6, 6.07) is 6.98. The molecule has 2 rings (SSSR count). The summed E-state index contributed by atoms with van der Waals surface area (Å²) in [5.74, 6) is 0. The second kappa shape index (κ2) is 4.79. The number of aromatic amines is 1. The van der Waals surface area contributed by atoms with Crippen molar-refractivity contribution in [2.24, 2.45) is 0 Å². The summed E-state index contributed by atoms with van der Waals surface area (Å²) >= 11 is 4.31. The summed E-state index contributed by atoms with van der Waals surface area (Å²) in [6.45, 7) is 1.99. The van der Waals surface area contributed by atoms with Crippen LogP contribution in [0.2, 0.25) is 0 Å². The van der Waals surface area contributed by atoms with Gasteiger partial charge in [0.05, 0.1) is 16.3 Å². The number of para-hydroxylation sites is 1. The monoisotopic (exact) mass is 250 g/mol. The molecule has 90 valence electrons. The van der Waals surface area contributed by atoms with Gasteiger partial charge in [0.25, 0.3) is 5.56 Å². The summed E-state index contributed by atoms with van der Waals surface area (Å²) in [7, 11) is 0. The van der Waals surface area contributed by atoms with E-state index in [1.165, 1.54) is 4.57 Å². The zero-order chi connectivity index (χ0) is 12.4. The van der Waals surface area contributed by atoms with E-state index in [4.69, 9.17) is 0 Å². The molecular formula is C12H14N2O2S. The van der Waals surface area contributed by atoms with E-state index in [0.717, 1.165) is 6.42 Å². The minimum Gasteiger partial charge on any atom is -0.307 e. The van der Waals surface area contributed by atoms with Crippen molar-refractivity contribution in [3.05, 3.63) is 45.1 Å². The Morgan fingerprint density at radius 2 is 2.06 bits per heavy atom. The molecule has 0 saturated carbocycles. The molecule has 4 nitrogen and oxygen atoms in total. The van der Waals surface area contributed by atoms with Crippen molar-refractivity contribution in [1.29, 1.82) is 0 Å². The highest BCUT2D eigenvalue weighted by atomic mass is 32.1. The van der Waals surface area contributed by atoms with Crippen molar-refractivity contribution in [3.8, 4) is 0 Å². The van der Waals surface area contributed by atoms with E-state index in [0.29, 0.717) is 17.3 Å². The van der Waals surface area contributed by atoms with Gasteiger partial charge in [-0.05, 0) is 18.6 Å². The quantitative estimate of drug-likeness (QED) is 0.818. The predicted molar refractivity (Wildman–Crippen MR) is 71.8 cm³/mol. The summed E-state index contributed by atoms with van der Waals surface area (Å²) in [6.07, 6.45) is 1.55. The first-order valence-electron chi connectivity index (χ1n) is 5.56. The molecule has 0 fully saturated rings. The summed E-state index contributed by atoms with van der Waals surface area (Å²) in [4.78, 5) is 26.7. The molecule has 0 aliphatic heterocycles. The minimum atomic E-state index is -0.401. The highest BCUT2D eigenvalue weighted by Gasteiger charge is 2.12. The van der Waals surface area contributed by atoms with Crippen molar-refractivity contribution in [1.82, 2.24) is 9.55 Å². The van der Waals surface area contributed by atoms with Crippen molar-refractivity contribution in [3.63, 3.8) is 0 Å². The third-order valence-electron chi connectivity index (χ3n) is 2.68. The average Bonchev–Trinajstić information content (AvgIpc) is 2.29. The Balaban J connectivity index is 2.72. The van der Waals surface area contributed by atoms with Gasteiger partial charge in [0.1, 0.15) is 0 Å². The van der Waals surface area contributed by atoms with Gasteiger partial charge in [0.15, 0.2) is 0 Å². The van der Waals surface area contributed by atoms with E-state index >= 15 is 0 Å². The van der Waals surface area contributed by atoms with Gasteiger partial charge in [-0.15, -0.1) is 0 Å². The van der Waals surface area contributed by atoms with Crippen LogP contribution >= 0.6 is 12.6 Å². The van der Waals surface area contributed by atoms with Crippen LogP contribution in [-0.2, 0) is 0 Å². The molecule has 5 heteroatoms. The number of H-pyrrole nitrogens is 1. The zero-order valence-corrected chi connectivity index (χ0v) is 10.4. The van der Waals surface area contributed by atoms with Gasteiger partial charge in [-0.3, -0.25) is 4.79 Å². The third-order valence-corrected chi connectivity index (χ3v) is 3.17. The van der Waals surface area contributed by atoms with Crippen molar-refractivity contribution >= 4 is 23.5 Å². The van der Waals surface area contributed by atoms with Gasteiger partial charge in [-0.25, -0.2) is 9.36 Å². The maximum absolute atomic E-state index is 12.2. The molecule has 0 aliphatic rings. The van der Waals surface area contributed by atoms with Crippen molar-refractivity contribution < 1.29 is 0 Å². The SMILES string of the molecule is CCCC(S)n1c(=O)[nH]c2ccccc2c1=O. The predicted octanol–water partition coefficient (Wildman–Crippen LogP) is 1.92. The number of thiol groups is 1. The number of benzene rings is 1. The molecule has 17 heavy (non-hydrogen) atoms. The fourth-order valence-electron chi connectivity index (χ4n) is 1.83. The van der Waals surface area contributed by atoms with Gasteiger partial charge in [0.2, 0.25) is 0 Å². The van der Waals surface area contributed by atoms with Crippen LogP contribution in [0.25, 0.3) is 10.9 Å². The number of aromatic nitrogens is 2. The lowest BCUT2D eigenvalue weighted by molar-refractivity contribution is 0.576. The maximum Gasteiger partial charge on any atom is 0.329 e. The Kier molecular flexibility index (Phi) is 3.38. The summed E-state index contributed by atoms with van der Waals surface area (Å²) in [5, 5.41) is 0.142. The van der Waals surface area contributed by atoms with E-state index in [2.05, 4.69) is 17.6 Å². The van der Waals surface area contributed by atoms with Gasteiger partial charge in [0, 0.05) is 0 Å². The van der Waals surface area contributed by atoms with Gasteiger partial charge in [-0.1, -0.05) is 25.5 Å². The second-order valence-corrected chi connectivity index (χ2v) is 4.52. The second-order valence-electron chi connectivity index (χ2n) is 3.92. The standard InChI is InChI=1S/C12H14N2O2S/c1-2-5-10(17)14-11(15)8-6-3-4-7-9(8)13-12(14)16/h3-4,6-7,10,17H,2,5H2,1H3,(H,13,16). The van der Waals surface area contributed by atoms with E-state index in [9.17, 15) is 9.59 Å². The Morgan fingerprint density at radius 1 is 1.35 bits per heavy atom. The fraction of sp³-hybridized carbons (Fsp3) is 0.333. The van der Waals surface area contributed by atoms with Crippen LogP contribution in [0.4, 0.5) is 0 Å². The number of hydrogen-bond acceptors (Lipinski definition) is 3. The van der Waals surface area contributed by atoms with E-state index in [1.54, 1.807) is 24.3 Å². The molecular weight excluding hydrogens is 236 g/mol. The number of fused-ring (bicyclic) bond motifs is 1. The highest BCUT2D eigenvalue weighted by Crippen LogP contribution is 2.14. The third kappa shape index (κ3) is 2.15. The molecule has 2 aromatic rings. The first kappa shape index (κ1) is 12.0. The number of rotatable bonds is 3. The topological polar surface area (TPSA) is 54.9 Å². The molecule has 0 bridgehead atoms. The number of nitrogens with zero attached hydrogens (tertiary/aromatic N) is 1. The van der Waals surface area contributed by atoms with Crippen LogP contribution < -0.4 is 11.2 Å². The number of nitrogens with one attached hydrogen (secondary N) is 1. The van der Waals surface area contributed by atoms with Crippen LogP contribution in [0.15, 0.2) is 33.9 Å². The molecule has 0 aliphatic carbocycles. The molecule has 0 radical (unpaired) electrons. The first-order chi connectivity index (χ1) is 8.15. The first-order valence-corrected chi connectivity index (χ1v) is 6.08. The molecule has 1 heterocycles. The van der Waals surface area contributed by atoms with Crippen LogP contribution in [-0.4, -0.2) is 9.55 Å². The van der Waals surface area contributed by atoms with E-state index < -0.39 is 5.69 Å². The average molecular weight is 250 g/mol. The van der Waals surface area contributed by atoms with E-state index in [-0.39, 0.29) is 10.9 Å². The van der Waals surface area contributed by atoms with E-state index in [1.807, 2.05) is 6.92 Å².